The molecular formula is C18H26F2N3O3S+. The molecule has 0 aromatic heterocycles. The minimum Gasteiger partial charge on any atom is -0.338 e. The standard InChI is InChI=1S/C18H25F2N3O3S/c1-14-3-2-6-22(12-14)18(24)13-21-7-9-23(10-8-21)27(25,26)17-5-4-15(19)11-16(17)20/h4-5,11,14H,2-3,6-10,12-13H2,1H3/p+1/t14-/m0/s1. The first-order valence-electron chi connectivity index (χ1n) is 9.34. The van der Waals surface area contributed by atoms with Crippen LogP contribution in [0.1, 0.15) is 19.8 Å². The summed E-state index contributed by atoms with van der Waals surface area (Å²) in [6.07, 6.45) is 2.17. The molecule has 1 N–H and O–H groups in total. The largest absolute Gasteiger partial charge is 0.338 e. The molecule has 1 atom stereocenters. The average molecular weight is 402 g/mol. The molecule has 27 heavy (non-hydrogen) atoms. The summed E-state index contributed by atoms with van der Waals surface area (Å²) in [6.45, 7) is 5.46. The molecule has 9 heteroatoms. The Morgan fingerprint density at radius 3 is 2.56 bits per heavy atom. The van der Waals surface area contributed by atoms with Gasteiger partial charge in [-0.3, -0.25) is 4.79 Å². The van der Waals surface area contributed by atoms with Crippen molar-refractivity contribution in [3.63, 3.8) is 0 Å². The van der Waals surface area contributed by atoms with E-state index in [1.54, 1.807) is 0 Å². The Kier molecular flexibility index (Phi) is 6.12. The fraction of sp³-hybridized carbons (Fsp3) is 0.611. The van der Waals surface area contributed by atoms with Gasteiger partial charge in [0.05, 0.1) is 26.2 Å². The van der Waals surface area contributed by atoms with Crippen molar-refractivity contribution in [3.05, 3.63) is 29.8 Å². The average Bonchev–Trinajstić information content (AvgIpc) is 2.62. The number of likely N-dealkylation sites (tertiary alicyclic amines) is 1. The topological polar surface area (TPSA) is 62.1 Å². The first-order valence-corrected chi connectivity index (χ1v) is 10.8. The van der Waals surface area contributed by atoms with Gasteiger partial charge in [-0.15, -0.1) is 0 Å². The smallest absolute Gasteiger partial charge is 0.277 e. The Morgan fingerprint density at radius 2 is 1.93 bits per heavy atom. The maximum absolute atomic E-state index is 13.9. The summed E-state index contributed by atoms with van der Waals surface area (Å²) >= 11 is 0. The molecule has 1 aromatic rings. The van der Waals surface area contributed by atoms with Crippen LogP contribution in [0.3, 0.4) is 0 Å². The molecule has 3 rings (SSSR count). The molecule has 2 heterocycles. The van der Waals surface area contributed by atoms with Gasteiger partial charge in [0.25, 0.3) is 5.91 Å². The molecule has 2 fully saturated rings. The van der Waals surface area contributed by atoms with Crippen LogP contribution in [0.4, 0.5) is 8.78 Å². The Morgan fingerprint density at radius 1 is 1.22 bits per heavy atom. The summed E-state index contributed by atoms with van der Waals surface area (Å²) in [5, 5.41) is 0. The quantitative estimate of drug-likeness (QED) is 0.778. The number of piperazine rings is 1. The van der Waals surface area contributed by atoms with Crippen LogP contribution in [0.5, 0.6) is 0 Å². The van der Waals surface area contributed by atoms with Gasteiger partial charge in [-0.25, -0.2) is 17.2 Å². The number of carbonyl (C=O) groups is 1. The van der Waals surface area contributed by atoms with E-state index in [4.69, 9.17) is 0 Å². The molecule has 0 bridgehead atoms. The van der Waals surface area contributed by atoms with E-state index in [0.717, 1.165) is 43.0 Å². The number of nitrogens with zero attached hydrogens (tertiary/aromatic N) is 2. The second kappa shape index (κ2) is 8.20. The van der Waals surface area contributed by atoms with Crippen molar-refractivity contribution >= 4 is 15.9 Å². The monoisotopic (exact) mass is 402 g/mol. The highest BCUT2D eigenvalue weighted by atomic mass is 32.2. The van der Waals surface area contributed by atoms with Crippen molar-refractivity contribution < 1.29 is 26.9 Å². The van der Waals surface area contributed by atoms with E-state index in [2.05, 4.69) is 6.92 Å². The fourth-order valence-corrected chi connectivity index (χ4v) is 5.27. The number of halogens is 2. The predicted octanol–water partition coefficient (Wildman–Crippen LogP) is 0.113. The fourth-order valence-electron chi connectivity index (χ4n) is 3.78. The first kappa shape index (κ1) is 20.2. The van der Waals surface area contributed by atoms with Crippen molar-refractivity contribution in [2.45, 2.75) is 24.7 Å². The van der Waals surface area contributed by atoms with Gasteiger partial charge >= 0.3 is 0 Å². The van der Waals surface area contributed by atoms with Gasteiger partial charge in [-0.05, 0) is 30.9 Å². The van der Waals surface area contributed by atoms with Gasteiger partial charge in [0.2, 0.25) is 10.0 Å². The van der Waals surface area contributed by atoms with Gasteiger partial charge in [-0.1, -0.05) is 6.92 Å². The highest BCUT2D eigenvalue weighted by molar-refractivity contribution is 7.89. The summed E-state index contributed by atoms with van der Waals surface area (Å²) in [6, 6.07) is 2.47. The van der Waals surface area contributed by atoms with E-state index >= 15 is 0 Å². The van der Waals surface area contributed by atoms with Crippen LogP contribution in [0.15, 0.2) is 23.1 Å². The second-order valence-corrected chi connectivity index (χ2v) is 9.40. The number of hydrogen-bond donors (Lipinski definition) is 1. The van der Waals surface area contributed by atoms with E-state index in [1.165, 1.54) is 4.31 Å². The zero-order valence-corrected chi connectivity index (χ0v) is 16.3. The molecular weight excluding hydrogens is 376 g/mol. The SMILES string of the molecule is C[C@H]1CCCN(C(=O)C[NH+]2CCN(S(=O)(=O)c3ccc(F)cc3F)CC2)C1. The maximum atomic E-state index is 13.9. The van der Waals surface area contributed by atoms with Crippen LogP contribution in [-0.2, 0) is 14.8 Å². The van der Waals surface area contributed by atoms with Crippen molar-refractivity contribution in [2.75, 3.05) is 45.8 Å². The van der Waals surface area contributed by atoms with Crippen molar-refractivity contribution in [1.82, 2.24) is 9.21 Å². The Balaban J connectivity index is 1.57. The third-order valence-corrected chi connectivity index (χ3v) is 7.28. The summed E-state index contributed by atoms with van der Waals surface area (Å²) in [7, 11) is -4.01. The third kappa shape index (κ3) is 4.64. The van der Waals surface area contributed by atoms with Crippen LogP contribution in [0.2, 0.25) is 0 Å². The molecule has 150 valence electrons. The lowest BCUT2D eigenvalue weighted by atomic mass is 10.0. The maximum Gasteiger partial charge on any atom is 0.277 e. The van der Waals surface area contributed by atoms with E-state index in [0.29, 0.717) is 31.6 Å². The molecule has 2 aliphatic rings. The number of benzene rings is 1. The number of hydrogen-bond acceptors (Lipinski definition) is 3. The predicted molar refractivity (Wildman–Crippen MR) is 95.7 cm³/mol. The van der Waals surface area contributed by atoms with Crippen molar-refractivity contribution in [1.29, 1.82) is 0 Å². The van der Waals surface area contributed by atoms with E-state index in [9.17, 15) is 22.0 Å². The zero-order valence-electron chi connectivity index (χ0n) is 15.5. The van der Waals surface area contributed by atoms with Crippen LogP contribution in [-0.4, -0.2) is 69.3 Å². The summed E-state index contributed by atoms with van der Waals surface area (Å²) in [5.74, 6) is -1.27. The van der Waals surface area contributed by atoms with E-state index in [-0.39, 0.29) is 19.0 Å². The number of rotatable bonds is 4. The number of amides is 1. The molecule has 2 saturated heterocycles. The summed E-state index contributed by atoms with van der Waals surface area (Å²) in [4.78, 5) is 14.9. The van der Waals surface area contributed by atoms with Crippen molar-refractivity contribution in [3.8, 4) is 0 Å². The molecule has 6 nitrogen and oxygen atoms in total. The summed E-state index contributed by atoms with van der Waals surface area (Å²) < 4.78 is 53.4. The first-order chi connectivity index (χ1) is 12.8. The Hall–Kier alpha value is -1.58. The minimum atomic E-state index is -4.01. The molecule has 2 aliphatic heterocycles. The van der Waals surface area contributed by atoms with Crippen molar-refractivity contribution in [2.24, 2.45) is 5.92 Å². The molecule has 1 aromatic carbocycles. The second-order valence-electron chi connectivity index (χ2n) is 7.49. The molecule has 1 amide bonds. The zero-order chi connectivity index (χ0) is 19.6. The van der Waals surface area contributed by atoms with Gasteiger partial charge in [0.1, 0.15) is 16.5 Å². The molecule has 0 saturated carbocycles. The van der Waals surface area contributed by atoms with Gasteiger partial charge in [0.15, 0.2) is 6.54 Å². The lowest BCUT2D eigenvalue weighted by molar-refractivity contribution is -0.896. The Bertz CT molecular complexity index is 795. The highest BCUT2D eigenvalue weighted by Gasteiger charge is 2.33. The number of carbonyl (C=O) groups excluding carboxylic acids is 1. The van der Waals surface area contributed by atoms with Gasteiger partial charge < -0.3 is 9.80 Å². The molecule has 0 aliphatic carbocycles. The lowest BCUT2D eigenvalue weighted by Crippen LogP contribution is -3.15. The van der Waals surface area contributed by atoms with Crippen LogP contribution < -0.4 is 4.90 Å². The summed E-state index contributed by atoms with van der Waals surface area (Å²) in [5.41, 5.74) is 0. The Labute approximate surface area is 158 Å². The minimum absolute atomic E-state index is 0.109. The lowest BCUT2D eigenvalue weighted by Gasteiger charge is -2.34. The number of piperidine rings is 1. The third-order valence-electron chi connectivity index (χ3n) is 5.35. The number of quaternary nitrogens is 1. The van der Waals surface area contributed by atoms with Crippen LogP contribution in [0, 0.1) is 17.6 Å². The normalized spacial score (nSPS) is 22.8. The van der Waals surface area contributed by atoms with Crippen LogP contribution >= 0.6 is 0 Å². The van der Waals surface area contributed by atoms with Crippen LogP contribution in [0.25, 0.3) is 0 Å². The van der Waals surface area contributed by atoms with E-state index < -0.39 is 26.6 Å². The molecule has 0 radical (unpaired) electrons. The van der Waals surface area contributed by atoms with Gasteiger partial charge in [-0.2, -0.15) is 4.31 Å². The van der Waals surface area contributed by atoms with Gasteiger partial charge in [0, 0.05) is 19.2 Å². The molecule has 0 spiro atoms. The number of nitrogens with one attached hydrogen (secondary N) is 1. The van der Waals surface area contributed by atoms with E-state index in [1.807, 2.05) is 4.90 Å². The highest BCUT2D eigenvalue weighted by Crippen LogP contribution is 2.20. The molecule has 0 unspecified atom stereocenters. The number of sulfonamides is 1.